The average Bonchev–Trinajstić information content (AvgIpc) is 2.62. The quantitative estimate of drug-likeness (QED) is 0.614. The van der Waals surface area contributed by atoms with Crippen molar-refractivity contribution in [2.45, 2.75) is 38.7 Å². The number of carboxylic acid groups (broad SMARTS) is 1. The van der Waals surface area contributed by atoms with E-state index >= 15 is 0 Å². The first-order valence-corrected chi connectivity index (χ1v) is 9.53. The number of fused-ring (bicyclic) bond motifs is 1. The van der Waals surface area contributed by atoms with Crippen LogP contribution in [0.3, 0.4) is 0 Å². The summed E-state index contributed by atoms with van der Waals surface area (Å²) in [6.07, 6.45) is -2.55. The van der Waals surface area contributed by atoms with Gasteiger partial charge in [0.15, 0.2) is 0 Å². The Morgan fingerprint density at radius 1 is 1.28 bits per heavy atom. The van der Waals surface area contributed by atoms with Crippen LogP contribution in [-0.4, -0.2) is 29.5 Å². The zero-order valence-electron chi connectivity index (χ0n) is 15.4. The maximum absolute atomic E-state index is 13.3. The minimum Gasteiger partial charge on any atom is -0.482 e. The smallest absolute Gasteiger partial charge is 0.430 e. The summed E-state index contributed by atoms with van der Waals surface area (Å²) in [5, 5.41) is 9.66. The zero-order valence-corrected chi connectivity index (χ0v) is 16.9. The van der Waals surface area contributed by atoms with Crippen molar-refractivity contribution < 1.29 is 32.5 Å². The first-order valence-electron chi connectivity index (χ1n) is 8.77. The Balaban J connectivity index is 1.95. The summed E-state index contributed by atoms with van der Waals surface area (Å²) in [5.41, 5.74) is 0.257. The van der Waals surface area contributed by atoms with Gasteiger partial charge in [0.1, 0.15) is 17.6 Å². The molecule has 9 heteroatoms. The maximum atomic E-state index is 13.3. The van der Waals surface area contributed by atoms with Gasteiger partial charge in [-0.3, -0.25) is 0 Å². The standard InChI is InChI=1S/C20H17Cl2F3O4/c1-3-10-4-9(2)17(14(22)5-10)28-16-8-15-11(7-13(16)21)6-12(19(26)27)18(29-15)20(23,24)25/h4-9,17-18H,3H2,1-2H3,(H,26,27). The molecule has 1 aliphatic heterocycles. The van der Waals surface area contributed by atoms with E-state index in [4.69, 9.17) is 37.8 Å². The molecule has 1 aliphatic carbocycles. The first-order chi connectivity index (χ1) is 13.5. The molecule has 3 unspecified atom stereocenters. The molecule has 4 nitrogen and oxygen atoms in total. The van der Waals surface area contributed by atoms with Crippen LogP contribution in [0, 0.1) is 5.92 Å². The lowest BCUT2D eigenvalue weighted by molar-refractivity contribution is -0.187. The van der Waals surface area contributed by atoms with Gasteiger partial charge in [0.25, 0.3) is 0 Å². The molecule has 0 bridgehead atoms. The molecule has 0 saturated carbocycles. The van der Waals surface area contributed by atoms with Gasteiger partial charge in [0.2, 0.25) is 6.10 Å². The largest absolute Gasteiger partial charge is 0.482 e. The van der Waals surface area contributed by atoms with Crippen LogP contribution in [0.15, 0.2) is 40.5 Å². The van der Waals surface area contributed by atoms with Crippen molar-refractivity contribution in [3.05, 3.63) is 51.0 Å². The number of carboxylic acids is 1. The second-order valence-electron chi connectivity index (χ2n) is 6.79. The van der Waals surface area contributed by atoms with Gasteiger partial charge >= 0.3 is 12.1 Å². The molecule has 3 rings (SSSR count). The second kappa shape index (κ2) is 7.95. The molecule has 0 fully saturated rings. The summed E-state index contributed by atoms with van der Waals surface area (Å²) >= 11 is 12.6. The third-order valence-corrected chi connectivity index (χ3v) is 5.28. The summed E-state index contributed by atoms with van der Waals surface area (Å²) in [6, 6.07) is 2.53. The summed E-state index contributed by atoms with van der Waals surface area (Å²) in [5.74, 6) is -1.89. The molecular weight excluding hydrogens is 432 g/mol. The Labute approximate surface area is 175 Å². The van der Waals surface area contributed by atoms with Crippen molar-refractivity contribution in [2.24, 2.45) is 5.92 Å². The highest BCUT2D eigenvalue weighted by atomic mass is 35.5. The third kappa shape index (κ3) is 4.41. The highest BCUT2D eigenvalue weighted by Gasteiger charge is 2.48. The maximum Gasteiger partial charge on any atom is 0.430 e. The minimum absolute atomic E-state index is 0.0862. The number of carbonyl (C=O) groups is 1. The Morgan fingerprint density at radius 3 is 2.52 bits per heavy atom. The third-order valence-electron chi connectivity index (χ3n) is 4.66. The van der Waals surface area contributed by atoms with Gasteiger partial charge in [-0.2, -0.15) is 13.2 Å². The van der Waals surface area contributed by atoms with E-state index in [2.05, 4.69) is 0 Å². The van der Waals surface area contributed by atoms with Crippen LogP contribution >= 0.6 is 23.2 Å². The normalized spacial score (nSPS) is 24.0. The molecule has 1 N–H and O–H groups in total. The van der Waals surface area contributed by atoms with Crippen LogP contribution in [0.5, 0.6) is 11.5 Å². The molecule has 0 radical (unpaired) electrons. The van der Waals surface area contributed by atoms with E-state index in [9.17, 15) is 18.0 Å². The molecule has 0 amide bonds. The molecule has 3 atom stereocenters. The fourth-order valence-electron chi connectivity index (χ4n) is 3.21. The van der Waals surface area contributed by atoms with E-state index < -0.39 is 29.9 Å². The number of benzene rings is 1. The minimum atomic E-state index is -4.89. The fraction of sp³-hybridized carbons (Fsp3) is 0.350. The average molecular weight is 449 g/mol. The van der Waals surface area contributed by atoms with Crippen molar-refractivity contribution in [3.8, 4) is 11.5 Å². The number of rotatable bonds is 4. The van der Waals surface area contributed by atoms with E-state index in [0.717, 1.165) is 18.1 Å². The lowest BCUT2D eigenvalue weighted by atomic mass is 9.93. The second-order valence-corrected chi connectivity index (χ2v) is 7.63. The van der Waals surface area contributed by atoms with Crippen molar-refractivity contribution in [2.75, 3.05) is 0 Å². The van der Waals surface area contributed by atoms with Crippen LogP contribution in [-0.2, 0) is 4.79 Å². The number of allylic oxidation sites excluding steroid dienone is 2. The van der Waals surface area contributed by atoms with Gasteiger partial charge in [-0.1, -0.05) is 48.7 Å². The van der Waals surface area contributed by atoms with Crippen LogP contribution < -0.4 is 9.47 Å². The summed E-state index contributed by atoms with van der Waals surface area (Å²) < 4.78 is 50.6. The molecular formula is C20H17Cl2F3O4. The SMILES string of the molecule is CCC1=CC(C)C(Oc2cc3c(cc2Cl)C=C(C(=O)O)C(C(F)(F)F)O3)C(Cl)=C1. The van der Waals surface area contributed by atoms with Gasteiger partial charge in [-0.15, -0.1) is 0 Å². The number of halogens is 5. The Kier molecular flexibility index (Phi) is 5.92. The van der Waals surface area contributed by atoms with E-state index in [1.54, 1.807) is 6.08 Å². The molecule has 156 valence electrons. The van der Waals surface area contributed by atoms with Crippen LogP contribution in [0.1, 0.15) is 25.8 Å². The number of hydrogen-bond donors (Lipinski definition) is 1. The summed E-state index contributed by atoms with van der Waals surface area (Å²) in [7, 11) is 0. The van der Waals surface area contributed by atoms with Gasteiger partial charge in [0.05, 0.1) is 15.6 Å². The van der Waals surface area contributed by atoms with Gasteiger partial charge in [-0.25, -0.2) is 4.79 Å². The Morgan fingerprint density at radius 2 is 1.97 bits per heavy atom. The predicted octanol–water partition coefficient (Wildman–Crippen LogP) is 5.99. The molecule has 0 aromatic heterocycles. The first kappa shape index (κ1) is 21.6. The highest BCUT2D eigenvalue weighted by Crippen LogP contribution is 2.42. The van der Waals surface area contributed by atoms with Crippen LogP contribution in [0.25, 0.3) is 6.08 Å². The fourth-order valence-corrected chi connectivity index (χ4v) is 3.81. The monoisotopic (exact) mass is 448 g/mol. The Bertz CT molecular complexity index is 934. The van der Waals surface area contributed by atoms with Crippen molar-refractivity contribution in [1.82, 2.24) is 0 Å². The van der Waals surface area contributed by atoms with Gasteiger partial charge < -0.3 is 14.6 Å². The van der Waals surface area contributed by atoms with E-state index in [1.165, 1.54) is 12.1 Å². The van der Waals surface area contributed by atoms with Crippen LogP contribution in [0.2, 0.25) is 5.02 Å². The van der Waals surface area contributed by atoms with Crippen molar-refractivity contribution >= 4 is 35.2 Å². The number of hydrogen-bond acceptors (Lipinski definition) is 3. The Hall–Kier alpha value is -2.12. The molecule has 2 aliphatic rings. The summed E-state index contributed by atoms with van der Waals surface area (Å²) in [6.45, 7) is 3.90. The predicted molar refractivity (Wildman–Crippen MR) is 103 cm³/mol. The molecule has 1 heterocycles. The lowest BCUT2D eigenvalue weighted by Gasteiger charge is -2.29. The topological polar surface area (TPSA) is 55.8 Å². The zero-order chi connectivity index (χ0) is 21.5. The molecule has 29 heavy (non-hydrogen) atoms. The van der Waals surface area contributed by atoms with Crippen molar-refractivity contribution in [3.63, 3.8) is 0 Å². The van der Waals surface area contributed by atoms with Gasteiger partial charge in [0, 0.05) is 17.5 Å². The molecule has 0 saturated heterocycles. The van der Waals surface area contributed by atoms with Crippen LogP contribution in [0.4, 0.5) is 13.2 Å². The number of alkyl halides is 3. The van der Waals surface area contributed by atoms with Gasteiger partial charge in [-0.05, 0) is 24.6 Å². The molecule has 1 aromatic rings. The van der Waals surface area contributed by atoms with E-state index in [0.29, 0.717) is 5.03 Å². The molecule has 1 aromatic carbocycles. The number of aliphatic carboxylic acids is 1. The molecule has 0 spiro atoms. The van der Waals surface area contributed by atoms with Crippen molar-refractivity contribution in [1.29, 1.82) is 0 Å². The van der Waals surface area contributed by atoms with E-state index in [-0.39, 0.29) is 28.0 Å². The number of ether oxygens (including phenoxy) is 2. The summed E-state index contributed by atoms with van der Waals surface area (Å²) in [4.78, 5) is 11.2. The van der Waals surface area contributed by atoms with E-state index in [1.807, 2.05) is 19.9 Å². The highest BCUT2D eigenvalue weighted by molar-refractivity contribution is 6.32. The lowest BCUT2D eigenvalue weighted by Crippen LogP contribution is -2.40.